The van der Waals surface area contributed by atoms with Gasteiger partial charge in [0.2, 0.25) is 5.88 Å². The Balaban J connectivity index is 2.16. The Hall–Kier alpha value is -2.41. The maximum Gasteiger partial charge on any atom is 0.338 e. The number of aromatic hydroxyl groups is 1. The van der Waals surface area contributed by atoms with Crippen molar-refractivity contribution in [1.29, 1.82) is 0 Å². The molecule has 7 heteroatoms. The van der Waals surface area contributed by atoms with E-state index in [0.717, 1.165) is 15.9 Å². The number of aromatic nitrogens is 1. The zero-order valence-electron chi connectivity index (χ0n) is 11.6. The predicted octanol–water partition coefficient (Wildman–Crippen LogP) is 2.08. The highest BCUT2D eigenvalue weighted by molar-refractivity contribution is 7.11. The summed E-state index contributed by atoms with van der Waals surface area (Å²) in [7, 11) is 1.49. The Morgan fingerprint density at radius 2 is 2.10 bits per heavy atom. The average Bonchev–Trinajstić information content (AvgIpc) is 2.73. The molecule has 110 valence electrons. The Morgan fingerprint density at radius 1 is 1.43 bits per heavy atom. The number of nitrogens with zero attached hydrogens (tertiary/aromatic N) is 2. The third kappa shape index (κ3) is 3.38. The molecule has 0 fully saturated rings. The van der Waals surface area contributed by atoms with E-state index in [4.69, 9.17) is 4.74 Å². The second-order valence-corrected chi connectivity index (χ2v) is 5.13. The van der Waals surface area contributed by atoms with Gasteiger partial charge in [0.1, 0.15) is 4.88 Å². The molecule has 0 aliphatic heterocycles. The average molecular weight is 306 g/mol. The van der Waals surface area contributed by atoms with E-state index in [1.807, 2.05) is 0 Å². The second kappa shape index (κ2) is 6.36. The number of ether oxygens (including phenoxy) is 1. The van der Waals surface area contributed by atoms with Crippen molar-refractivity contribution in [3.63, 3.8) is 0 Å². The monoisotopic (exact) mass is 306 g/mol. The first kappa shape index (κ1) is 15.0. The van der Waals surface area contributed by atoms with Crippen LogP contribution in [0.5, 0.6) is 5.88 Å². The topological polar surface area (TPSA) is 80.9 Å². The van der Waals surface area contributed by atoms with Gasteiger partial charge in [0.15, 0.2) is 0 Å². The van der Waals surface area contributed by atoms with Gasteiger partial charge in [0.25, 0.3) is 0 Å². The predicted molar refractivity (Wildman–Crippen MR) is 80.9 cm³/mol. The maximum absolute atomic E-state index is 11.5. The van der Waals surface area contributed by atoms with Crippen LogP contribution in [-0.2, 0) is 11.8 Å². The van der Waals surface area contributed by atoms with Crippen LogP contribution in [-0.4, -0.2) is 28.5 Å². The fourth-order valence-electron chi connectivity index (χ4n) is 1.58. The van der Waals surface area contributed by atoms with Crippen LogP contribution in [0.1, 0.15) is 22.2 Å². The molecule has 0 aliphatic rings. The summed E-state index contributed by atoms with van der Waals surface area (Å²) in [5, 5.41) is 9.69. The van der Waals surface area contributed by atoms with E-state index in [1.165, 1.54) is 13.3 Å². The second-order valence-electron chi connectivity index (χ2n) is 4.14. The van der Waals surface area contributed by atoms with Crippen LogP contribution in [0.3, 0.4) is 0 Å². The Morgan fingerprint density at radius 3 is 2.62 bits per heavy atom. The molecule has 1 N–H and O–H groups in total. The molecule has 0 saturated heterocycles. The normalized spacial score (nSPS) is 11.0. The summed E-state index contributed by atoms with van der Waals surface area (Å²) in [6, 6.07) is 6.53. The van der Waals surface area contributed by atoms with Gasteiger partial charge >= 0.3 is 10.8 Å². The van der Waals surface area contributed by atoms with Crippen molar-refractivity contribution in [3.8, 4) is 5.88 Å². The van der Waals surface area contributed by atoms with Crippen LogP contribution in [0.4, 0.5) is 5.69 Å². The first-order valence-corrected chi connectivity index (χ1v) is 7.04. The molecule has 0 amide bonds. The highest BCUT2D eigenvalue weighted by atomic mass is 32.1. The Labute approximate surface area is 125 Å². The lowest BCUT2D eigenvalue weighted by molar-refractivity contribution is 0.0526. The molecule has 1 heterocycles. The lowest BCUT2D eigenvalue weighted by Crippen LogP contribution is -2.05. The van der Waals surface area contributed by atoms with Gasteiger partial charge in [-0.05, 0) is 31.2 Å². The number of hydrogen-bond acceptors (Lipinski definition) is 6. The molecule has 1 aromatic heterocycles. The highest BCUT2D eigenvalue weighted by Crippen LogP contribution is 2.19. The number of benzene rings is 1. The minimum atomic E-state index is -0.382. The van der Waals surface area contributed by atoms with Crippen LogP contribution in [0.2, 0.25) is 0 Å². The maximum atomic E-state index is 11.5. The number of hydrogen-bond donors (Lipinski definition) is 1. The molecule has 0 radical (unpaired) electrons. The minimum absolute atomic E-state index is 0.114. The molecule has 2 aromatic rings. The van der Waals surface area contributed by atoms with Crippen LogP contribution >= 0.6 is 11.3 Å². The number of aliphatic imine (C=N–C) groups is 1. The van der Waals surface area contributed by atoms with Crippen LogP contribution in [0, 0.1) is 0 Å². The summed E-state index contributed by atoms with van der Waals surface area (Å²) in [5.74, 6) is -0.496. The standard InChI is InChI=1S/C14H14N2O4S/c1-3-20-13(18)9-4-6-10(7-5-9)15-8-11-12(17)16(2)14(19)21-11/h4-8,17H,3H2,1-2H3. The molecule has 0 aliphatic carbocycles. The van der Waals surface area contributed by atoms with E-state index in [9.17, 15) is 14.7 Å². The zero-order chi connectivity index (χ0) is 15.4. The summed E-state index contributed by atoms with van der Waals surface area (Å²) in [6.45, 7) is 2.07. The van der Waals surface area contributed by atoms with Crippen molar-refractivity contribution in [2.75, 3.05) is 6.61 Å². The summed E-state index contributed by atoms with van der Waals surface area (Å²) in [4.78, 5) is 27.1. The van der Waals surface area contributed by atoms with Crippen LogP contribution in [0.25, 0.3) is 0 Å². The molecule has 0 unspecified atom stereocenters. The number of carbonyl (C=O) groups excluding carboxylic acids is 1. The molecule has 2 rings (SSSR count). The summed E-state index contributed by atoms with van der Waals surface area (Å²) < 4.78 is 6.03. The van der Waals surface area contributed by atoms with E-state index < -0.39 is 0 Å². The minimum Gasteiger partial charge on any atom is -0.493 e. The first-order chi connectivity index (χ1) is 10.0. The molecule has 21 heavy (non-hydrogen) atoms. The molecular formula is C14H14N2O4S. The van der Waals surface area contributed by atoms with Gasteiger partial charge in [-0.25, -0.2) is 4.79 Å². The third-order valence-electron chi connectivity index (χ3n) is 2.72. The molecule has 6 nitrogen and oxygen atoms in total. The van der Waals surface area contributed by atoms with E-state index >= 15 is 0 Å². The SMILES string of the molecule is CCOC(=O)c1ccc(N=Cc2sc(=O)n(C)c2O)cc1. The molecule has 0 saturated carbocycles. The Bertz CT molecular complexity index is 728. The molecule has 0 atom stereocenters. The van der Waals surface area contributed by atoms with E-state index in [1.54, 1.807) is 31.2 Å². The van der Waals surface area contributed by atoms with Gasteiger partial charge in [0.05, 0.1) is 24.1 Å². The zero-order valence-corrected chi connectivity index (χ0v) is 12.4. The van der Waals surface area contributed by atoms with Gasteiger partial charge in [-0.2, -0.15) is 0 Å². The van der Waals surface area contributed by atoms with Crippen molar-refractivity contribution in [2.45, 2.75) is 6.92 Å². The highest BCUT2D eigenvalue weighted by Gasteiger charge is 2.08. The fourth-order valence-corrected chi connectivity index (χ4v) is 2.32. The van der Waals surface area contributed by atoms with Gasteiger partial charge in [-0.3, -0.25) is 14.4 Å². The summed E-state index contributed by atoms with van der Waals surface area (Å²) in [6.07, 6.45) is 1.42. The Kier molecular flexibility index (Phi) is 4.54. The third-order valence-corrected chi connectivity index (χ3v) is 3.67. The first-order valence-electron chi connectivity index (χ1n) is 6.23. The summed E-state index contributed by atoms with van der Waals surface area (Å²) in [5.41, 5.74) is 1.05. The van der Waals surface area contributed by atoms with Crippen molar-refractivity contribution in [2.24, 2.45) is 12.0 Å². The number of esters is 1. The molecule has 0 spiro atoms. The quantitative estimate of drug-likeness (QED) is 0.692. The van der Waals surface area contributed by atoms with E-state index in [0.29, 0.717) is 22.7 Å². The largest absolute Gasteiger partial charge is 0.493 e. The number of carbonyl (C=O) groups is 1. The fraction of sp³-hybridized carbons (Fsp3) is 0.214. The van der Waals surface area contributed by atoms with Crippen molar-refractivity contribution in [1.82, 2.24) is 4.57 Å². The number of rotatable bonds is 4. The smallest absolute Gasteiger partial charge is 0.338 e. The van der Waals surface area contributed by atoms with Crippen molar-refractivity contribution >= 4 is 29.2 Å². The summed E-state index contributed by atoms with van der Waals surface area (Å²) >= 11 is 0.909. The molecular weight excluding hydrogens is 292 g/mol. The van der Waals surface area contributed by atoms with E-state index in [2.05, 4.69) is 4.99 Å². The van der Waals surface area contributed by atoms with Crippen molar-refractivity contribution < 1.29 is 14.6 Å². The van der Waals surface area contributed by atoms with Gasteiger partial charge in [0, 0.05) is 7.05 Å². The lowest BCUT2D eigenvalue weighted by atomic mass is 10.2. The van der Waals surface area contributed by atoms with E-state index in [-0.39, 0.29) is 16.7 Å². The van der Waals surface area contributed by atoms with Gasteiger partial charge in [-0.1, -0.05) is 11.3 Å². The number of thiazole rings is 1. The van der Waals surface area contributed by atoms with Crippen LogP contribution < -0.4 is 4.87 Å². The van der Waals surface area contributed by atoms with Gasteiger partial charge in [-0.15, -0.1) is 0 Å². The van der Waals surface area contributed by atoms with Crippen LogP contribution in [0.15, 0.2) is 34.1 Å². The van der Waals surface area contributed by atoms with Gasteiger partial charge < -0.3 is 9.84 Å². The molecule has 1 aromatic carbocycles. The lowest BCUT2D eigenvalue weighted by Gasteiger charge is -2.01. The van der Waals surface area contributed by atoms with Crippen molar-refractivity contribution in [3.05, 3.63) is 44.4 Å². The molecule has 0 bridgehead atoms.